The minimum Gasteiger partial charge on any atom is -0.376 e. The quantitative estimate of drug-likeness (QED) is 0.157. The van der Waals surface area contributed by atoms with Gasteiger partial charge in [-0.25, -0.2) is 0 Å². The Hall–Kier alpha value is -5.84. The van der Waals surface area contributed by atoms with Crippen molar-refractivity contribution in [1.29, 1.82) is 0 Å². The first-order valence-corrected chi connectivity index (χ1v) is 27.2. The summed E-state index contributed by atoms with van der Waals surface area (Å²) >= 11 is 1.96. The minimum absolute atomic E-state index is 0.00457. The van der Waals surface area contributed by atoms with Gasteiger partial charge in [0.05, 0.1) is 11.4 Å². The molecule has 356 valence electrons. The first kappa shape index (κ1) is 45.1. The Kier molecular flexibility index (Phi) is 9.03. The number of rotatable bonds is 2. The van der Waals surface area contributed by atoms with E-state index < -0.39 is 0 Å². The van der Waals surface area contributed by atoms with Gasteiger partial charge in [-0.2, -0.15) is 0 Å². The Morgan fingerprint density at radius 1 is 0.507 bits per heavy atom. The number of hydrogen-bond donors (Lipinski definition) is 0. The monoisotopic (exact) mass is 945 g/mol. The molecule has 0 radical (unpaired) electrons. The summed E-state index contributed by atoms with van der Waals surface area (Å²) in [6.07, 6.45) is 2.36. The van der Waals surface area contributed by atoms with Gasteiger partial charge in [0.15, 0.2) is 0 Å². The van der Waals surface area contributed by atoms with E-state index in [0.717, 1.165) is 0 Å². The molecular weight excluding hydrogens is 876 g/mol. The van der Waals surface area contributed by atoms with Gasteiger partial charge in [-0.3, -0.25) is 0 Å². The second kappa shape index (κ2) is 14.2. The van der Waals surface area contributed by atoms with Gasteiger partial charge in [0.1, 0.15) is 0 Å². The molecule has 9 aromatic rings. The van der Waals surface area contributed by atoms with Crippen LogP contribution >= 0.6 is 11.3 Å². The lowest BCUT2D eigenvalue weighted by Gasteiger charge is -2.44. The third-order valence-electron chi connectivity index (χ3n) is 17.9. The summed E-state index contributed by atoms with van der Waals surface area (Å²) in [4.78, 5) is 2.83. The van der Waals surface area contributed by atoms with Crippen molar-refractivity contribution in [1.82, 2.24) is 4.48 Å². The fraction of sp³-hybridized carbons (Fsp3) is 0.343. The first-order valence-electron chi connectivity index (χ1n) is 26.4. The molecule has 0 spiro atoms. The zero-order valence-corrected chi connectivity index (χ0v) is 45.7. The predicted molar refractivity (Wildman–Crippen MR) is 310 cm³/mol. The molecule has 0 fully saturated rings. The van der Waals surface area contributed by atoms with E-state index in [-0.39, 0.29) is 39.3 Å². The van der Waals surface area contributed by atoms with Crippen LogP contribution in [0.1, 0.15) is 156 Å². The lowest BCUT2D eigenvalue weighted by molar-refractivity contribution is 0.331. The summed E-state index contributed by atoms with van der Waals surface area (Å²) in [6, 6.07) is 48.6. The molecule has 2 aliphatic carbocycles. The van der Waals surface area contributed by atoms with Gasteiger partial charge in [0.2, 0.25) is 0 Å². The van der Waals surface area contributed by atoms with Gasteiger partial charge in [-0.1, -0.05) is 171 Å². The number of anilines is 2. The number of benzene rings is 7. The highest BCUT2D eigenvalue weighted by atomic mass is 32.1. The summed E-state index contributed by atoms with van der Waals surface area (Å²) in [5.74, 6) is 0. The maximum absolute atomic E-state index is 2.85. The summed E-state index contributed by atoms with van der Waals surface area (Å²) in [5, 5.41) is 5.44. The number of allylic oxidation sites excluding steroid dienone is 1. The molecule has 0 saturated heterocycles. The maximum Gasteiger partial charge on any atom is 0.329 e. The van der Waals surface area contributed by atoms with Crippen molar-refractivity contribution in [3.63, 3.8) is 0 Å². The summed E-state index contributed by atoms with van der Waals surface area (Å²) in [7, 11) is 0. The van der Waals surface area contributed by atoms with Crippen LogP contribution in [0.25, 0.3) is 69.9 Å². The third kappa shape index (κ3) is 6.19. The number of nitrogens with zero attached hydrogens (tertiary/aromatic N) is 2. The number of aromatic nitrogens is 1. The van der Waals surface area contributed by atoms with Crippen molar-refractivity contribution in [3.05, 3.63) is 166 Å². The number of fused-ring (bicyclic) bond motifs is 13. The summed E-state index contributed by atoms with van der Waals surface area (Å²) < 4.78 is 5.53. The van der Waals surface area contributed by atoms with E-state index in [9.17, 15) is 0 Å². The Morgan fingerprint density at radius 3 is 1.80 bits per heavy atom. The van der Waals surface area contributed by atoms with Crippen molar-refractivity contribution in [2.45, 2.75) is 149 Å². The van der Waals surface area contributed by atoms with Gasteiger partial charge < -0.3 is 9.38 Å². The van der Waals surface area contributed by atoms with Crippen LogP contribution in [0.15, 0.2) is 127 Å². The fourth-order valence-corrected chi connectivity index (χ4v) is 14.7. The molecule has 7 aromatic carbocycles. The molecule has 4 heterocycles. The maximum atomic E-state index is 2.85. The van der Waals surface area contributed by atoms with Crippen LogP contribution < -0.4 is 10.4 Å². The van der Waals surface area contributed by atoms with E-state index in [0.29, 0.717) is 0 Å². The molecule has 0 amide bonds. The molecular formula is C67H69BN2S. The molecule has 71 heavy (non-hydrogen) atoms. The second-order valence-electron chi connectivity index (χ2n) is 26.9. The van der Waals surface area contributed by atoms with E-state index in [1.165, 1.54) is 144 Å². The topological polar surface area (TPSA) is 8.17 Å². The van der Waals surface area contributed by atoms with E-state index in [4.69, 9.17) is 0 Å². The zero-order valence-electron chi connectivity index (χ0n) is 44.8. The molecule has 13 rings (SSSR count). The molecule has 0 atom stereocenters. The lowest BCUT2D eigenvalue weighted by Crippen LogP contribution is -2.52. The van der Waals surface area contributed by atoms with Crippen LogP contribution in [0.2, 0.25) is 0 Å². The van der Waals surface area contributed by atoms with Gasteiger partial charge >= 0.3 is 6.85 Å². The lowest BCUT2D eigenvalue weighted by atomic mass is 9.40. The zero-order chi connectivity index (χ0) is 49.9. The molecule has 4 heteroatoms. The molecule has 0 N–H and O–H groups in total. The van der Waals surface area contributed by atoms with E-state index in [1.54, 1.807) is 0 Å². The Morgan fingerprint density at radius 2 is 1.11 bits per heavy atom. The molecule has 2 aromatic heterocycles. The van der Waals surface area contributed by atoms with Gasteiger partial charge in [-0.15, -0.1) is 11.3 Å². The van der Waals surface area contributed by atoms with E-state index >= 15 is 0 Å². The fourth-order valence-electron chi connectivity index (χ4n) is 13.6. The predicted octanol–water partition coefficient (Wildman–Crippen LogP) is 18.2. The van der Waals surface area contributed by atoms with Gasteiger partial charge in [0.25, 0.3) is 0 Å². The molecule has 0 bridgehead atoms. The van der Waals surface area contributed by atoms with E-state index in [1.807, 2.05) is 11.3 Å². The highest BCUT2D eigenvalue weighted by Crippen LogP contribution is 2.62. The van der Waals surface area contributed by atoms with Crippen LogP contribution in [0, 0.1) is 0 Å². The Labute approximate surface area is 426 Å². The average Bonchev–Trinajstić information content (AvgIpc) is 3.93. The Bertz CT molecular complexity index is 3850. The van der Waals surface area contributed by atoms with Crippen LogP contribution in [-0.4, -0.2) is 11.3 Å². The van der Waals surface area contributed by atoms with Crippen molar-refractivity contribution in [2.24, 2.45) is 0 Å². The average molecular weight is 945 g/mol. The Balaban J connectivity index is 1.28. The smallest absolute Gasteiger partial charge is 0.329 e. The third-order valence-corrected chi connectivity index (χ3v) is 19.0. The van der Waals surface area contributed by atoms with E-state index in [2.05, 4.69) is 235 Å². The summed E-state index contributed by atoms with van der Waals surface area (Å²) in [5.41, 5.74) is 24.5. The highest BCUT2D eigenvalue weighted by molar-refractivity contribution is 7.26. The van der Waals surface area contributed by atoms with Gasteiger partial charge in [0, 0.05) is 69.8 Å². The van der Waals surface area contributed by atoms with Crippen molar-refractivity contribution in [3.8, 4) is 22.3 Å². The molecule has 2 nitrogen and oxygen atoms in total. The standard InChI is InChI=1S/C67H69BN2S/c1-62(2,3)39-25-27-52(43(31-39)38-21-17-16-18-22-38)69-59-48-35-50-51(66(12,13)30-29-65(50,10)11)37-49(48)67(14,15)61(59)68-57-45(36-55-56(60(57)69)42-23-19-20-24-54(42)71-55)47-34-41(64(7,8)9)33-46-44-32-40(63(4,5)6)26-28-53(44)70(68)58(46)47/h16-28,31-37H,29-30H2,1-15H3. The molecule has 4 aliphatic rings. The number of thiophene rings is 1. The SMILES string of the molecule is CC(C)(C)c1ccc(N2C3=C(B4c5c(cc6sc7ccccc7c6c52)-c2cc(C(C)(C)C)cc5c6cc(C(C)(C)C)ccc6n4c25)C(C)(C)c2cc4c(cc23)C(C)(C)CCC4(C)C)c(-c2ccccc2)c1. The largest absolute Gasteiger partial charge is 0.376 e. The molecule has 0 saturated carbocycles. The number of hydrogen-bond acceptors (Lipinski definition) is 2. The van der Waals surface area contributed by atoms with Crippen LogP contribution in [0.5, 0.6) is 0 Å². The first-order chi connectivity index (χ1) is 33.4. The van der Waals surface area contributed by atoms with Crippen molar-refractivity contribution < 1.29 is 0 Å². The minimum atomic E-state index is -0.323. The summed E-state index contributed by atoms with van der Waals surface area (Å²) in [6.45, 7) is 36.4. The van der Waals surface area contributed by atoms with Crippen LogP contribution in [0.4, 0.5) is 11.4 Å². The van der Waals surface area contributed by atoms with Crippen LogP contribution in [0.3, 0.4) is 0 Å². The van der Waals surface area contributed by atoms with Crippen LogP contribution in [-0.2, 0) is 32.5 Å². The molecule has 0 unspecified atom stereocenters. The normalized spacial score (nSPS) is 17.6. The highest BCUT2D eigenvalue weighted by Gasteiger charge is 2.55. The van der Waals surface area contributed by atoms with Gasteiger partial charge in [-0.05, 0) is 150 Å². The molecule has 2 aliphatic heterocycles. The second-order valence-corrected chi connectivity index (χ2v) is 27.9. The van der Waals surface area contributed by atoms with Crippen molar-refractivity contribution in [2.75, 3.05) is 4.90 Å². The van der Waals surface area contributed by atoms with Crippen molar-refractivity contribution >= 4 is 82.7 Å².